The quantitative estimate of drug-likeness (QED) is 0.626. The second kappa shape index (κ2) is 5.58. The number of carbonyl (C=O) groups excluding carboxylic acids is 1. The molecule has 0 unspecified atom stereocenters. The third-order valence-corrected chi connectivity index (χ3v) is 4.12. The van der Waals surface area contributed by atoms with Crippen molar-refractivity contribution in [1.29, 1.82) is 0 Å². The monoisotopic (exact) mass is 322 g/mol. The molecule has 0 aliphatic rings. The van der Waals surface area contributed by atoms with Crippen LogP contribution in [0.15, 0.2) is 54.3 Å². The van der Waals surface area contributed by atoms with Crippen LogP contribution < -0.4 is 5.32 Å². The first kappa shape index (κ1) is 13.5. The summed E-state index contributed by atoms with van der Waals surface area (Å²) in [7, 11) is 0. The van der Waals surface area contributed by atoms with Crippen molar-refractivity contribution in [2.24, 2.45) is 0 Å². The molecule has 23 heavy (non-hydrogen) atoms. The first-order chi connectivity index (χ1) is 11.3. The molecule has 1 N–H and O–H groups in total. The predicted octanol–water partition coefficient (Wildman–Crippen LogP) is 2.52. The van der Waals surface area contributed by atoms with Gasteiger partial charge in [-0.1, -0.05) is 0 Å². The number of fused-ring (bicyclic) bond motifs is 1. The summed E-state index contributed by atoms with van der Waals surface area (Å²) in [5.41, 5.74) is 4.79. The molecular formula is C15H10N6OS. The minimum atomic E-state index is -0.157. The molecule has 0 radical (unpaired) electrons. The molecule has 7 nitrogen and oxygen atoms in total. The fourth-order valence-corrected chi connectivity index (χ4v) is 2.89. The van der Waals surface area contributed by atoms with Crippen LogP contribution in [0.4, 0.5) is 5.69 Å². The van der Waals surface area contributed by atoms with E-state index in [2.05, 4.69) is 25.8 Å². The zero-order chi connectivity index (χ0) is 15.6. The van der Waals surface area contributed by atoms with Crippen molar-refractivity contribution in [2.45, 2.75) is 0 Å². The van der Waals surface area contributed by atoms with Crippen LogP contribution in [0.25, 0.3) is 15.9 Å². The molecule has 1 amide bonds. The summed E-state index contributed by atoms with van der Waals surface area (Å²) in [6, 6.07) is 12.7. The Morgan fingerprint density at radius 1 is 1.13 bits per heavy atom. The summed E-state index contributed by atoms with van der Waals surface area (Å²) in [6.45, 7) is 0. The van der Waals surface area contributed by atoms with E-state index >= 15 is 0 Å². The van der Waals surface area contributed by atoms with Crippen molar-refractivity contribution in [3.63, 3.8) is 0 Å². The molecule has 4 rings (SSSR count). The molecule has 2 aromatic heterocycles. The number of carbonyl (C=O) groups is 1. The average Bonchev–Trinajstić information content (AvgIpc) is 3.26. The first-order valence-electron chi connectivity index (χ1n) is 6.78. The van der Waals surface area contributed by atoms with Crippen molar-refractivity contribution >= 4 is 33.1 Å². The van der Waals surface area contributed by atoms with Gasteiger partial charge in [0.25, 0.3) is 5.91 Å². The molecule has 2 heterocycles. The number of nitrogens with zero attached hydrogens (tertiary/aromatic N) is 5. The summed E-state index contributed by atoms with van der Waals surface area (Å²) in [5.74, 6) is -0.157. The summed E-state index contributed by atoms with van der Waals surface area (Å²) < 4.78 is 2.54. The Hall–Kier alpha value is -3.13. The second-order valence-corrected chi connectivity index (χ2v) is 5.68. The highest BCUT2D eigenvalue weighted by Crippen LogP contribution is 2.20. The van der Waals surface area contributed by atoms with Gasteiger partial charge >= 0.3 is 0 Å². The van der Waals surface area contributed by atoms with E-state index < -0.39 is 0 Å². The SMILES string of the molecule is O=C(Nc1ccc(-n2cnnn2)cc1)c1ccc2ncsc2c1. The van der Waals surface area contributed by atoms with E-state index in [0.717, 1.165) is 15.9 Å². The van der Waals surface area contributed by atoms with E-state index in [0.29, 0.717) is 11.3 Å². The van der Waals surface area contributed by atoms with Crippen LogP contribution in [-0.4, -0.2) is 31.1 Å². The number of amides is 1. The number of hydrogen-bond donors (Lipinski definition) is 1. The van der Waals surface area contributed by atoms with E-state index in [1.54, 1.807) is 28.4 Å². The minimum Gasteiger partial charge on any atom is -0.322 e. The topological polar surface area (TPSA) is 85.6 Å². The van der Waals surface area contributed by atoms with E-state index in [9.17, 15) is 4.79 Å². The van der Waals surface area contributed by atoms with Crippen molar-refractivity contribution in [1.82, 2.24) is 25.2 Å². The van der Waals surface area contributed by atoms with E-state index in [1.165, 1.54) is 17.7 Å². The van der Waals surface area contributed by atoms with Crippen LogP contribution in [0, 0.1) is 0 Å². The Balaban J connectivity index is 1.53. The Morgan fingerprint density at radius 3 is 2.78 bits per heavy atom. The van der Waals surface area contributed by atoms with Crippen molar-refractivity contribution in [3.8, 4) is 5.69 Å². The number of tetrazole rings is 1. The maximum Gasteiger partial charge on any atom is 0.255 e. The average molecular weight is 322 g/mol. The third-order valence-electron chi connectivity index (χ3n) is 3.33. The number of nitrogens with one attached hydrogen (secondary N) is 1. The normalized spacial score (nSPS) is 10.8. The van der Waals surface area contributed by atoms with Crippen molar-refractivity contribution < 1.29 is 4.79 Å². The Kier molecular flexibility index (Phi) is 3.28. The molecule has 0 bridgehead atoms. The lowest BCUT2D eigenvalue weighted by atomic mass is 10.2. The number of anilines is 1. The zero-order valence-corrected chi connectivity index (χ0v) is 12.6. The number of thiazole rings is 1. The van der Waals surface area contributed by atoms with Crippen LogP contribution in [-0.2, 0) is 0 Å². The highest BCUT2D eigenvalue weighted by atomic mass is 32.1. The van der Waals surface area contributed by atoms with Crippen molar-refractivity contribution in [3.05, 3.63) is 59.9 Å². The summed E-state index contributed by atoms with van der Waals surface area (Å²) in [4.78, 5) is 16.5. The van der Waals surface area contributed by atoms with E-state index in [-0.39, 0.29) is 5.91 Å². The number of rotatable bonds is 3. The fraction of sp³-hybridized carbons (Fsp3) is 0. The smallest absolute Gasteiger partial charge is 0.255 e. The standard InChI is InChI=1S/C15H10N6OS/c22-15(10-1-6-13-14(7-10)23-9-16-13)18-11-2-4-12(5-3-11)21-8-17-19-20-21/h1-9H,(H,18,22). The summed E-state index contributed by atoms with van der Waals surface area (Å²) in [5, 5.41) is 13.9. The summed E-state index contributed by atoms with van der Waals surface area (Å²) >= 11 is 1.51. The van der Waals surface area contributed by atoms with E-state index in [1.807, 2.05) is 24.3 Å². The molecule has 0 fully saturated rings. The number of hydrogen-bond acceptors (Lipinski definition) is 6. The molecule has 0 saturated carbocycles. The molecule has 0 aliphatic carbocycles. The van der Waals surface area contributed by atoms with Crippen LogP contribution in [0.3, 0.4) is 0 Å². The van der Waals surface area contributed by atoms with Gasteiger partial charge in [-0.3, -0.25) is 4.79 Å². The largest absolute Gasteiger partial charge is 0.322 e. The maximum absolute atomic E-state index is 12.3. The van der Waals surface area contributed by atoms with Crippen LogP contribution in [0.5, 0.6) is 0 Å². The molecule has 8 heteroatoms. The number of benzene rings is 2. The van der Waals surface area contributed by atoms with Gasteiger partial charge in [0.05, 0.1) is 21.4 Å². The summed E-state index contributed by atoms with van der Waals surface area (Å²) in [6.07, 6.45) is 1.51. The molecule has 0 atom stereocenters. The molecule has 0 spiro atoms. The second-order valence-electron chi connectivity index (χ2n) is 4.79. The van der Waals surface area contributed by atoms with Crippen molar-refractivity contribution in [2.75, 3.05) is 5.32 Å². The van der Waals surface area contributed by atoms with Gasteiger partial charge in [0.15, 0.2) is 0 Å². The van der Waals surface area contributed by atoms with Gasteiger partial charge in [-0.15, -0.1) is 16.4 Å². The first-order valence-corrected chi connectivity index (χ1v) is 7.65. The van der Waals surface area contributed by atoms with Gasteiger partial charge in [-0.25, -0.2) is 9.67 Å². The van der Waals surface area contributed by atoms with E-state index in [4.69, 9.17) is 0 Å². The van der Waals surface area contributed by atoms with Crippen LogP contribution in [0.2, 0.25) is 0 Å². The van der Waals surface area contributed by atoms with Crippen LogP contribution >= 0.6 is 11.3 Å². The van der Waals surface area contributed by atoms with Gasteiger partial charge in [-0.05, 0) is 52.9 Å². The molecule has 112 valence electrons. The Bertz CT molecular complexity index is 961. The minimum absolute atomic E-state index is 0.157. The van der Waals surface area contributed by atoms with Gasteiger partial charge in [0, 0.05) is 11.3 Å². The molecular weight excluding hydrogens is 312 g/mol. The fourth-order valence-electron chi connectivity index (χ4n) is 2.18. The lowest BCUT2D eigenvalue weighted by Crippen LogP contribution is -2.11. The maximum atomic E-state index is 12.3. The van der Waals surface area contributed by atoms with Gasteiger partial charge < -0.3 is 5.32 Å². The lowest BCUT2D eigenvalue weighted by Gasteiger charge is -2.06. The zero-order valence-electron chi connectivity index (χ0n) is 11.7. The molecule has 0 saturated heterocycles. The third kappa shape index (κ3) is 2.67. The highest BCUT2D eigenvalue weighted by Gasteiger charge is 2.08. The molecule has 2 aromatic carbocycles. The number of aromatic nitrogens is 5. The highest BCUT2D eigenvalue weighted by molar-refractivity contribution is 7.16. The lowest BCUT2D eigenvalue weighted by molar-refractivity contribution is 0.102. The molecule has 0 aliphatic heterocycles. The Morgan fingerprint density at radius 2 is 2.00 bits per heavy atom. The van der Waals surface area contributed by atoms with Crippen LogP contribution in [0.1, 0.15) is 10.4 Å². The molecule has 4 aromatic rings. The van der Waals surface area contributed by atoms with Gasteiger partial charge in [0.2, 0.25) is 0 Å². The predicted molar refractivity (Wildman–Crippen MR) is 86.7 cm³/mol. The van der Waals surface area contributed by atoms with Gasteiger partial charge in [0.1, 0.15) is 6.33 Å². The Labute approximate surface area is 134 Å². The van der Waals surface area contributed by atoms with Gasteiger partial charge in [-0.2, -0.15) is 0 Å².